The Bertz CT molecular complexity index is 598. The quantitative estimate of drug-likeness (QED) is 0.638. The number of piperidine rings is 2. The number of hydrogen-bond acceptors (Lipinski definition) is 3. The van der Waals surface area contributed by atoms with Gasteiger partial charge in [0.2, 0.25) is 0 Å². The zero-order chi connectivity index (χ0) is 18.4. The van der Waals surface area contributed by atoms with E-state index in [0.29, 0.717) is 12.0 Å². The summed E-state index contributed by atoms with van der Waals surface area (Å²) in [5, 5.41) is 7.07. The molecular weight excluding hydrogens is 329 g/mol. The summed E-state index contributed by atoms with van der Waals surface area (Å²) in [6.07, 6.45) is 4.64. The van der Waals surface area contributed by atoms with Gasteiger partial charge in [-0.15, -0.1) is 0 Å². The fourth-order valence-electron chi connectivity index (χ4n) is 4.02. The van der Waals surface area contributed by atoms with Gasteiger partial charge in [0.05, 0.1) is 0 Å². The third kappa shape index (κ3) is 5.34. The van der Waals surface area contributed by atoms with Crippen molar-refractivity contribution in [2.75, 3.05) is 51.7 Å². The summed E-state index contributed by atoms with van der Waals surface area (Å²) in [5.41, 5.74) is 0.979. The molecule has 26 heavy (non-hydrogen) atoms. The first kappa shape index (κ1) is 19.0. The third-order valence-corrected chi connectivity index (χ3v) is 5.51. The molecule has 2 N–H and O–H groups in total. The van der Waals surface area contributed by atoms with Crippen LogP contribution in [-0.2, 0) is 0 Å². The van der Waals surface area contributed by atoms with Gasteiger partial charge in [-0.05, 0) is 63.4 Å². The van der Waals surface area contributed by atoms with Crippen molar-refractivity contribution < 1.29 is 4.39 Å². The second-order valence-electron chi connectivity index (χ2n) is 7.61. The molecule has 0 amide bonds. The van der Waals surface area contributed by atoms with Crippen LogP contribution in [0.1, 0.15) is 25.7 Å². The molecule has 0 aromatic heterocycles. The number of likely N-dealkylation sites (tertiary alicyclic amines) is 1. The maximum atomic E-state index is 13.4. The second kappa shape index (κ2) is 9.21. The molecular formula is C20H32FN5. The summed E-state index contributed by atoms with van der Waals surface area (Å²) in [5.74, 6) is 1.44. The van der Waals surface area contributed by atoms with Crippen molar-refractivity contribution in [2.24, 2.45) is 10.9 Å². The Morgan fingerprint density at radius 2 is 2.04 bits per heavy atom. The molecule has 144 valence electrons. The Morgan fingerprint density at radius 3 is 2.73 bits per heavy atom. The Balaban J connectivity index is 1.42. The summed E-state index contributed by atoms with van der Waals surface area (Å²) in [7, 11) is 4.04. The summed E-state index contributed by atoms with van der Waals surface area (Å²) in [6, 6.07) is 7.30. The number of aliphatic imine (C=N–C) groups is 1. The fraction of sp³-hybridized carbons (Fsp3) is 0.650. The lowest BCUT2D eigenvalue weighted by Gasteiger charge is -2.35. The van der Waals surface area contributed by atoms with Crippen LogP contribution in [0.3, 0.4) is 0 Å². The molecule has 0 aliphatic carbocycles. The van der Waals surface area contributed by atoms with E-state index in [9.17, 15) is 4.39 Å². The minimum Gasteiger partial charge on any atom is -0.371 e. The van der Waals surface area contributed by atoms with Gasteiger partial charge in [-0.1, -0.05) is 6.07 Å². The molecule has 2 saturated heterocycles. The first-order chi connectivity index (χ1) is 12.6. The number of benzene rings is 1. The molecule has 0 bridgehead atoms. The number of anilines is 1. The molecule has 0 radical (unpaired) electrons. The van der Waals surface area contributed by atoms with E-state index in [1.165, 1.54) is 25.5 Å². The lowest BCUT2D eigenvalue weighted by molar-refractivity contribution is 0.210. The van der Waals surface area contributed by atoms with E-state index in [1.54, 1.807) is 12.1 Å². The highest BCUT2D eigenvalue weighted by Crippen LogP contribution is 2.20. The van der Waals surface area contributed by atoms with E-state index < -0.39 is 0 Å². The summed E-state index contributed by atoms with van der Waals surface area (Å²) in [4.78, 5) is 9.06. The minimum absolute atomic E-state index is 0.166. The molecule has 0 saturated carbocycles. The van der Waals surface area contributed by atoms with E-state index in [-0.39, 0.29) is 5.82 Å². The SMILES string of the molecule is CN=C(NCC1CCCN(C)C1)NC1CCN(c2cccc(F)c2)CC1. The number of halogens is 1. The van der Waals surface area contributed by atoms with Gasteiger partial charge in [0.25, 0.3) is 0 Å². The zero-order valence-electron chi connectivity index (χ0n) is 16.0. The second-order valence-corrected chi connectivity index (χ2v) is 7.61. The van der Waals surface area contributed by atoms with Gasteiger partial charge in [0, 0.05) is 45.0 Å². The number of guanidine groups is 1. The predicted octanol–water partition coefficient (Wildman–Crippen LogP) is 2.30. The maximum absolute atomic E-state index is 13.4. The lowest BCUT2D eigenvalue weighted by atomic mass is 9.98. The highest BCUT2D eigenvalue weighted by atomic mass is 19.1. The van der Waals surface area contributed by atoms with E-state index >= 15 is 0 Å². The van der Waals surface area contributed by atoms with Crippen molar-refractivity contribution in [3.8, 4) is 0 Å². The molecule has 1 aromatic rings. The molecule has 6 heteroatoms. The average molecular weight is 362 g/mol. The standard InChI is InChI=1S/C20H32FN5/c1-22-20(23-14-16-5-4-10-25(2)15-16)24-18-8-11-26(12-9-18)19-7-3-6-17(21)13-19/h3,6-7,13,16,18H,4-5,8-12,14-15H2,1-2H3,(H2,22,23,24). The lowest BCUT2D eigenvalue weighted by Crippen LogP contribution is -2.50. The van der Waals surface area contributed by atoms with Crippen LogP contribution in [0, 0.1) is 11.7 Å². The highest BCUT2D eigenvalue weighted by Gasteiger charge is 2.21. The molecule has 0 spiro atoms. The molecule has 5 nitrogen and oxygen atoms in total. The van der Waals surface area contributed by atoms with Gasteiger partial charge >= 0.3 is 0 Å². The Morgan fingerprint density at radius 1 is 1.23 bits per heavy atom. The zero-order valence-corrected chi connectivity index (χ0v) is 16.0. The molecule has 2 aliphatic rings. The first-order valence-corrected chi connectivity index (χ1v) is 9.80. The minimum atomic E-state index is -0.166. The van der Waals surface area contributed by atoms with Gasteiger partial charge in [-0.3, -0.25) is 4.99 Å². The topological polar surface area (TPSA) is 42.9 Å². The smallest absolute Gasteiger partial charge is 0.191 e. The molecule has 2 fully saturated rings. The van der Waals surface area contributed by atoms with Gasteiger partial charge in [-0.2, -0.15) is 0 Å². The van der Waals surface area contributed by atoms with Crippen LogP contribution in [0.25, 0.3) is 0 Å². The van der Waals surface area contributed by atoms with Crippen molar-refractivity contribution in [2.45, 2.75) is 31.7 Å². The van der Waals surface area contributed by atoms with E-state index in [0.717, 1.165) is 50.7 Å². The van der Waals surface area contributed by atoms with Gasteiger partial charge < -0.3 is 20.4 Å². The average Bonchev–Trinajstić information content (AvgIpc) is 2.66. The van der Waals surface area contributed by atoms with Gasteiger partial charge in [-0.25, -0.2) is 4.39 Å². The van der Waals surface area contributed by atoms with Crippen LogP contribution < -0.4 is 15.5 Å². The Labute approximate surface area is 156 Å². The molecule has 1 atom stereocenters. The van der Waals surface area contributed by atoms with Crippen molar-refractivity contribution >= 4 is 11.6 Å². The van der Waals surface area contributed by atoms with E-state index in [1.807, 2.05) is 13.1 Å². The number of hydrogen-bond donors (Lipinski definition) is 2. The van der Waals surface area contributed by atoms with E-state index in [2.05, 4.69) is 32.5 Å². The fourth-order valence-corrected chi connectivity index (χ4v) is 4.02. The van der Waals surface area contributed by atoms with E-state index in [4.69, 9.17) is 0 Å². The Hall–Kier alpha value is -1.82. The number of nitrogens with one attached hydrogen (secondary N) is 2. The molecule has 2 aliphatic heterocycles. The Kier molecular flexibility index (Phi) is 6.72. The van der Waals surface area contributed by atoms with Crippen LogP contribution in [0.15, 0.2) is 29.3 Å². The van der Waals surface area contributed by atoms with Crippen molar-refractivity contribution in [1.82, 2.24) is 15.5 Å². The van der Waals surface area contributed by atoms with Gasteiger partial charge in [0.15, 0.2) is 5.96 Å². The van der Waals surface area contributed by atoms with Gasteiger partial charge in [0.1, 0.15) is 5.82 Å². The third-order valence-electron chi connectivity index (χ3n) is 5.51. The highest BCUT2D eigenvalue weighted by molar-refractivity contribution is 5.80. The summed E-state index contributed by atoms with van der Waals surface area (Å²) in [6.45, 7) is 5.23. The molecule has 2 heterocycles. The molecule has 1 aromatic carbocycles. The van der Waals surface area contributed by atoms with Crippen molar-refractivity contribution in [1.29, 1.82) is 0 Å². The number of nitrogens with zero attached hydrogens (tertiary/aromatic N) is 3. The number of rotatable bonds is 4. The monoisotopic (exact) mass is 361 g/mol. The molecule has 1 unspecified atom stereocenters. The predicted molar refractivity (Wildman–Crippen MR) is 106 cm³/mol. The van der Waals surface area contributed by atoms with Crippen molar-refractivity contribution in [3.63, 3.8) is 0 Å². The van der Waals surface area contributed by atoms with Crippen LogP contribution in [0.2, 0.25) is 0 Å². The van der Waals surface area contributed by atoms with Crippen LogP contribution in [0.4, 0.5) is 10.1 Å². The first-order valence-electron chi connectivity index (χ1n) is 9.80. The summed E-state index contributed by atoms with van der Waals surface area (Å²) >= 11 is 0. The van der Waals surface area contributed by atoms with Crippen molar-refractivity contribution in [3.05, 3.63) is 30.1 Å². The summed E-state index contributed by atoms with van der Waals surface area (Å²) < 4.78 is 13.4. The maximum Gasteiger partial charge on any atom is 0.191 e. The normalized spacial score (nSPS) is 23.1. The van der Waals surface area contributed by atoms with Crippen LogP contribution in [0.5, 0.6) is 0 Å². The molecule has 3 rings (SSSR count). The van der Waals surface area contributed by atoms with Crippen LogP contribution >= 0.6 is 0 Å². The largest absolute Gasteiger partial charge is 0.371 e. The van der Waals surface area contributed by atoms with Crippen LogP contribution in [-0.4, -0.2) is 63.7 Å².